The van der Waals surface area contributed by atoms with Crippen molar-refractivity contribution in [1.82, 2.24) is 0 Å². The van der Waals surface area contributed by atoms with Gasteiger partial charge >= 0.3 is 0 Å². The van der Waals surface area contributed by atoms with E-state index < -0.39 is 23.1 Å². The Morgan fingerprint density at radius 3 is 2.47 bits per heavy atom. The number of ketones is 2. The number of hydrogen-bond acceptors (Lipinski definition) is 3. The Labute approximate surface area is 90.4 Å². The highest BCUT2D eigenvalue weighted by atomic mass is 35.5. The lowest BCUT2D eigenvalue weighted by Gasteiger charge is -2.01. The van der Waals surface area contributed by atoms with E-state index in [0.717, 1.165) is 13.0 Å². The zero-order valence-electron chi connectivity index (χ0n) is 7.80. The Hall–Kier alpha value is -1.55. The molecule has 0 bridgehead atoms. The molecule has 0 heterocycles. The number of benzene rings is 1. The van der Waals surface area contributed by atoms with Crippen LogP contribution in [0.4, 0.5) is 4.39 Å². The zero-order valence-corrected chi connectivity index (χ0v) is 8.56. The van der Waals surface area contributed by atoms with Gasteiger partial charge in [-0.15, -0.1) is 0 Å². The number of carbonyl (C=O) groups excluding carboxylic acids is 2. The molecule has 0 saturated heterocycles. The van der Waals surface area contributed by atoms with Crippen molar-refractivity contribution in [1.29, 1.82) is 5.41 Å². The van der Waals surface area contributed by atoms with Crippen LogP contribution in [0, 0.1) is 11.2 Å². The Morgan fingerprint density at radius 2 is 2.00 bits per heavy atom. The number of halogens is 2. The minimum absolute atomic E-state index is 0.0390. The summed E-state index contributed by atoms with van der Waals surface area (Å²) in [5.74, 6) is -2.43. The van der Waals surface area contributed by atoms with E-state index >= 15 is 0 Å². The molecule has 5 heteroatoms. The Morgan fingerprint density at radius 1 is 1.40 bits per heavy atom. The lowest BCUT2D eigenvalue weighted by atomic mass is 10.0. The summed E-state index contributed by atoms with van der Waals surface area (Å²) in [6, 6.07) is 3.49. The molecule has 0 saturated carbocycles. The number of nitrogens with one attached hydrogen (secondary N) is 1. The highest BCUT2D eigenvalue weighted by molar-refractivity contribution is 6.67. The molecule has 15 heavy (non-hydrogen) atoms. The standard InChI is InChI=1S/C10H7ClFNO2/c1-5(14)10(15)9(13)6-2-3-7(11)8(12)4-6/h2-4,13H,1H3. The van der Waals surface area contributed by atoms with Gasteiger partial charge in [0.25, 0.3) is 0 Å². The van der Waals surface area contributed by atoms with Gasteiger partial charge in [-0.2, -0.15) is 0 Å². The molecule has 1 aromatic carbocycles. The lowest BCUT2D eigenvalue weighted by Crippen LogP contribution is -2.21. The van der Waals surface area contributed by atoms with Crippen LogP contribution in [-0.4, -0.2) is 17.3 Å². The van der Waals surface area contributed by atoms with Crippen LogP contribution in [0.25, 0.3) is 0 Å². The molecule has 3 nitrogen and oxygen atoms in total. The highest BCUT2D eigenvalue weighted by Crippen LogP contribution is 2.16. The van der Waals surface area contributed by atoms with Gasteiger partial charge in [-0.25, -0.2) is 4.39 Å². The van der Waals surface area contributed by atoms with Crippen LogP contribution in [0.2, 0.25) is 5.02 Å². The summed E-state index contributed by atoms with van der Waals surface area (Å²) >= 11 is 5.43. The van der Waals surface area contributed by atoms with Crippen molar-refractivity contribution in [3.63, 3.8) is 0 Å². The maximum atomic E-state index is 13.0. The molecule has 1 aromatic rings. The van der Waals surface area contributed by atoms with Crippen LogP contribution in [0.15, 0.2) is 18.2 Å². The van der Waals surface area contributed by atoms with Gasteiger partial charge in [-0.3, -0.25) is 15.0 Å². The van der Waals surface area contributed by atoms with Gasteiger partial charge in [0, 0.05) is 12.5 Å². The molecule has 0 aliphatic carbocycles. The smallest absolute Gasteiger partial charge is 0.246 e. The molecule has 0 fully saturated rings. The van der Waals surface area contributed by atoms with Gasteiger partial charge in [-0.05, 0) is 12.1 Å². The minimum atomic E-state index is -0.947. The maximum Gasteiger partial charge on any atom is 0.246 e. The first-order valence-corrected chi connectivity index (χ1v) is 4.40. The van der Waals surface area contributed by atoms with Gasteiger partial charge in [0.1, 0.15) is 11.5 Å². The van der Waals surface area contributed by atoms with E-state index in [0.29, 0.717) is 0 Å². The first kappa shape index (κ1) is 11.5. The molecule has 0 amide bonds. The van der Waals surface area contributed by atoms with Crippen LogP contribution in [0.1, 0.15) is 12.5 Å². The lowest BCUT2D eigenvalue weighted by molar-refractivity contribution is -0.131. The second kappa shape index (κ2) is 4.31. The molecule has 0 aromatic heterocycles. The van der Waals surface area contributed by atoms with Gasteiger partial charge in [0.2, 0.25) is 11.6 Å². The molecule has 0 radical (unpaired) electrons. The largest absolute Gasteiger partial charge is 0.296 e. The Kier molecular flexibility index (Phi) is 3.31. The van der Waals surface area contributed by atoms with E-state index in [4.69, 9.17) is 17.0 Å². The average molecular weight is 228 g/mol. The topological polar surface area (TPSA) is 58.0 Å². The summed E-state index contributed by atoms with van der Waals surface area (Å²) in [5, 5.41) is 7.26. The van der Waals surface area contributed by atoms with E-state index in [1.54, 1.807) is 0 Å². The summed E-state index contributed by atoms with van der Waals surface area (Å²) < 4.78 is 13.0. The van der Waals surface area contributed by atoms with E-state index in [1.807, 2.05) is 0 Å². The second-order valence-electron chi connectivity index (χ2n) is 2.89. The van der Waals surface area contributed by atoms with Crippen molar-refractivity contribution in [2.45, 2.75) is 6.92 Å². The average Bonchev–Trinajstić information content (AvgIpc) is 2.19. The second-order valence-corrected chi connectivity index (χ2v) is 3.30. The third-order valence-corrected chi connectivity index (χ3v) is 2.06. The molecule has 0 unspecified atom stereocenters. The van der Waals surface area contributed by atoms with Crippen LogP contribution in [-0.2, 0) is 9.59 Å². The molecule has 1 N–H and O–H groups in total. The molecule has 78 valence electrons. The van der Waals surface area contributed by atoms with Crippen molar-refractivity contribution in [2.24, 2.45) is 0 Å². The third-order valence-electron chi connectivity index (χ3n) is 1.76. The van der Waals surface area contributed by atoms with Crippen molar-refractivity contribution >= 4 is 28.9 Å². The fourth-order valence-electron chi connectivity index (χ4n) is 0.959. The summed E-state index contributed by atoms with van der Waals surface area (Å²) in [5.41, 5.74) is -0.491. The molecular formula is C10H7ClFNO2. The molecule has 1 rings (SSSR count). The van der Waals surface area contributed by atoms with E-state index in [2.05, 4.69) is 0 Å². The number of rotatable bonds is 3. The Balaban J connectivity index is 3.08. The fraction of sp³-hybridized carbons (Fsp3) is 0.100. The van der Waals surface area contributed by atoms with Crippen LogP contribution >= 0.6 is 11.6 Å². The van der Waals surface area contributed by atoms with Gasteiger partial charge < -0.3 is 0 Å². The minimum Gasteiger partial charge on any atom is -0.296 e. The first-order chi connectivity index (χ1) is 6.93. The van der Waals surface area contributed by atoms with Crippen molar-refractivity contribution in [2.75, 3.05) is 0 Å². The summed E-state index contributed by atoms with van der Waals surface area (Å²) in [7, 11) is 0. The van der Waals surface area contributed by atoms with E-state index in [9.17, 15) is 14.0 Å². The van der Waals surface area contributed by atoms with E-state index in [1.165, 1.54) is 12.1 Å². The maximum absolute atomic E-state index is 13.0. The highest BCUT2D eigenvalue weighted by Gasteiger charge is 2.17. The normalized spacial score (nSPS) is 9.80. The van der Waals surface area contributed by atoms with Crippen molar-refractivity contribution in [3.05, 3.63) is 34.6 Å². The number of hydrogen-bond donors (Lipinski definition) is 1. The monoisotopic (exact) mass is 227 g/mol. The van der Waals surface area contributed by atoms with Crippen molar-refractivity contribution < 1.29 is 14.0 Å². The third kappa shape index (κ3) is 2.47. The van der Waals surface area contributed by atoms with Gasteiger partial charge in [-0.1, -0.05) is 17.7 Å². The summed E-state index contributed by atoms with van der Waals surface area (Å²) in [4.78, 5) is 21.8. The van der Waals surface area contributed by atoms with Crippen LogP contribution in [0.5, 0.6) is 0 Å². The van der Waals surface area contributed by atoms with Gasteiger partial charge in [0.05, 0.1) is 5.02 Å². The number of Topliss-reactive ketones (excluding diaryl/α,β-unsaturated/α-hetero) is 2. The predicted octanol–water partition coefficient (Wildman–Crippen LogP) is 2.01. The number of carbonyl (C=O) groups is 2. The molecular weight excluding hydrogens is 221 g/mol. The van der Waals surface area contributed by atoms with Crippen LogP contribution in [0.3, 0.4) is 0 Å². The summed E-state index contributed by atoms with van der Waals surface area (Å²) in [6.07, 6.45) is 0. The molecule has 0 aliphatic heterocycles. The molecule has 0 spiro atoms. The van der Waals surface area contributed by atoms with Crippen LogP contribution < -0.4 is 0 Å². The van der Waals surface area contributed by atoms with Crippen molar-refractivity contribution in [3.8, 4) is 0 Å². The summed E-state index contributed by atoms with van der Waals surface area (Å²) in [6.45, 7) is 1.06. The molecule has 0 atom stereocenters. The Bertz CT molecular complexity index is 457. The SMILES string of the molecule is CC(=O)C(=O)C(=N)c1ccc(Cl)c(F)c1. The van der Waals surface area contributed by atoms with Gasteiger partial charge in [0.15, 0.2) is 0 Å². The van der Waals surface area contributed by atoms with E-state index in [-0.39, 0.29) is 10.6 Å². The first-order valence-electron chi connectivity index (χ1n) is 4.02. The molecule has 0 aliphatic rings. The quantitative estimate of drug-likeness (QED) is 0.634. The predicted molar refractivity (Wildman–Crippen MR) is 53.9 cm³/mol. The fourth-order valence-corrected chi connectivity index (χ4v) is 1.08. The zero-order chi connectivity index (χ0) is 11.6.